The van der Waals surface area contributed by atoms with Crippen molar-refractivity contribution in [2.75, 3.05) is 13.1 Å². The molecule has 0 spiro atoms. The summed E-state index contributed by atoms with van der Waals surface area (Å²) in [6.45, 7) is 1.16. The Bertz CT molecular complexity index is 676. The molecule has 1 aromatic heterocycles. The van der Waals surface area contributed by atoms with E-state index in [1.165, 1.54) is 11.3 Å². The molecule has 6 heteroatoms. The van der Waals surface area contributed by atoms with Crippen molar-refractivity contribution in [1.29, 1.82) is 0 Å². The fourth-order valence-corrected chi connectivity index (χ4v) is 3.39. The second-order valence-corrected chi connectivity index (χ2v) is 6.80. The van der Waals surface area contributed by atoms with Gasteiger partial charge in [0.2, 0.25) is 0 Å². The Morgan fingerprint density at radius 3 is 2.43 bits per heavy atom. The molecule has 1 aliphatic rings. The Hall–Kier alpha value is -1.85. The molecule has 0 N–H and O–H groups in total. The summed E-state index contributed by atoms with van der Waals surface area (Å²) in [6.07, 6.45) is 1.26. The molecule has 0 aliphatic carbocycles. The first-order valence-electron chi connectivity index (χ1n) is 7.43. The molecule has 4 nitrogen and oxygen atoms in total. The molecule has 0 unspecified atom stereocenters. The van der Waals surface area contributed by atoms with Gasteiger partial charge in [0.15, 0.2) is 0 Å². The van der Waals surface area contributed by atoms with E-state index in [0.29, 0.717) is 36.7 Å². The summed E-state index contributed by atoms with van der Waals surface area (Å²) in [4.78, 5) is 27.0. The summed E-state index contributed by atoms with van der Waals surface area (Å²) < 4.78 is 5.38. The number of halogens is 1. The van der Waals surface area contributed by atoms with Crippen LogP contribution in [0.4, 0.5) is 0 Å². The third-order valence-corrected chi connectivity index (χ3v) is 4.99. The molecular formula is C17H16ClNO3S. The average Bonchev–Trinajstić information content (AvgIpc) is 3.11. The number of hydrogen-bond donors (Lipinski definition) is 0. The van der Waals surface area contributed by atoms with Gasteiger partial charge in [0.1, 0.15) is 5.75 Å². The highest BCUT2D eigenvalue weighted by Crippen LogP contribution is 2.23. The largest absolute Gasteiger partial charge is 0.426 e. The Balaban J connectivity index is 1.53. The quantitative estimate of drug-likeness (QED) is 0.624. The number of benzene rings is 1. The van der Waals surface area contributed by atoms with Crippen LogP contribution in [-0.4, -0.2) is 29.9 Å². The van der Waals surface area contributed by atoms with Crippen LogP contribution in [0.3, 0.4) is 0 Å². The molecule has 0 radical (unpaired) electrons. The summed E-state index contributed by atoms with van der Waals surface area (Å²) in [5.74, 6) is 0.134. The molecule has 1 saturated heterocycles. The summed E-state index contributed by atoms with van der Waals surface area (Å²) in [6, 6.07) is 10.4. The zero-order chi connectivity index (χ0) is 16.2. The normalized spacial score (nSPS) is 15.4. The van der Waals surface area contributed by atoms with Gasteiger partial charge in [-0.2, -0.15) is 0 Å². The molecule has 0 bridgehead atoms. The van der Waals surface area contributed by atoms with E-state index in [2.05, 4.69) is 0 Å². The number of likely N-dealkylation sites (tertiary alicyclic amines) is 1. The minimum absolute atomic E-state index is 0.0459. The number of ether oxygens (including phenoxy) is 1. The van der Waals surface area contributed by atoms with Crippen molar-refractivity contribution in [3.8, 4) is 5.75 Å². The topological polar surface area (TPSA) is 46.6 Å². The van der Waals surface area contributed by atoms with Gasteiger partial charge in [-0.1, -0.05) is 17.7 Å². The third kappa shape index (κ3) is 3.92. The van der Waals surface area contributed by atoms with E-state index in [0.717, 1.165) is 4.88 Å². The molecule has 3 rings (SSSR count). The smallest absolute Gasteiger partial charge is 0.314 e. The lowest BCUT2D eigenvalue weighted by Gasteiger charge is -2.30. The van der Waals surface area contributed by atoms with Crippen molar-refractivity contribution >= 4 is 34.8 Å². The number of hydrogen-bond acceptors (Lipinski definition) is 4. The number of piperidine rings is 1. The Kier molecular flexibility index (Phi) is 4.98. The predicted octanol–water partition coefficient (Wildman–Crippen LogP) is 3.86. The van der Waals surface area contributed by atoms with Crippen molar-refractivity contribution in [1.82, 2.24) is 4.90 Å². The van der Waals surface area contributed by atoms with Crippen LogP contribution in [0.1, 0.15) is 22.5 Å². The van der Waals surface area contributed by atoms with Crippen LogP contribution in [0.5, 0.6) is 5.75 Å². The second kappa shape index (κ2) is 7.15. The molecule has 2 aromatic rings. The van der Waals surface area contributed by atoms with Gasteiger partial charge in [0.05, 0.1) is 10.8 Å². The van der Waals surface area contributed by atoms with E-state index in [1.54, 1.807) is 29.2 Å². The average molecular weight is 350 g/mol. The summed E-state index contributed by atoms with van der Waals surface area (Å²) >= 11 is 7.25. The number of carbonyl (C=O) groups is 2. The highest BCUT2D eigenvalue weighted by atomic mass is 35.5. The van der Waals surface area contributed by atoms with Crippen LogP contribution >= 0.6 is 22.9 Å². The second-order valence-electron chi connectivity index (χ2n) is 5.42. The van der Waals surface area contributed by atoms with E-state index >= 15 is 0 Å². The number of esters is 1. The fourth-order valence-electron chi connectivity index (χ4n) is 2.58. The number of thiophene rings is 1. The highest BCUT2D eigenvalue weighted by Gasteiger charge is 2.29. The maximum absolute atomic E-state index is 12.3. The van der Waals surface area contributed by atoms with Crippen LogP contribution < -0.4 is 4.74 Å². The van der Waals surface area contributed by atoms with Crippen molar-refractivity contribution < 1.29 is 14.3 Å². The zero-order valence-electron chi connectivity index (χ0n) is 12.4. The van der Waals surface area contributed by atoms with Crippen molar-refractivity contribution in [3.05, 3.63) is 51.7 Å². The van der Waals surface area contributed by atoms with E-state index < -0.39 is 0 Å². The summed E-state index contributed by atoms with van der Waals surface area (Å²) in [5, 5.41) is 2.49. The van der Waals surface area contributed by atoms with E-state index in [4.69, 9.17) is 16.3 Å². The lowest BCUT2D eigenvalue weighted by Crippen LogP contribution is -2.40. The van der Waals surface area contributed by atoms with Gasteiger partial charge in [0, 0.05) is 18.1 Å². The van der Waals surface area contributed by atoms with Gasteiger partial charge in [-0.05, 0) is 48.6 Å². The number of nitrogens with zero attached hydrogens (tertiary/aromatic N) is 1. The molecule has 1 fully saturated rings. The highest BCUT2D eigenvalue weighted by molar-refractivity contribution is 7.12. The predicted molar refractivity (Wildman–Crippen MR) is 90.0 cm³/mol. The molecule has 1 aliphatic heterocycles. The third-order valence-electron chi connectivity index (χ3n) is 3.88. The van der Waals surface area contributed by atoms with Gasteiger partial charge in [-0.15, -0.1) is 11.3 Å². The van der Waals surface area contributed by atoms with Gasteiger partial charge < -0.3 is 9.64 Å². The number of carbonyl (C=O) groups excluding carboxylic acids is 2. The SMILES string of the molecule is O=C(Oc1ccc(Cl)cc1)C1CCN(C(=O)c2cccs2)CC1. The lowest BCUT2D eigenvalue weighted by atomic mass is 9.97. The zero-order valence-corrected chi connectivity index (χ0v) is 14.0. The van der Waals surface area contributed by atoms with Gasteiger partial charge >= 0.3 is 5.97 Å². The van der Waals surface area contributed by atoms with Crippen LogP contribution in [0, 0.1) is 5.92 Å². The first-order valence-corrected chi connectivity index (χ1v) is 8.69. The van der Waals surface area contributed by atoms with E-state index in [9.17, 15) is 9.59 Å². The van der Waals surface area contributed by atoms with E-state index in [1.807, 2.05) is 17.5 Å². The molecule has 0 atom stereocenters. The van der Waals surface area contributed by atoms with E-state index in [-0.39, 0.29) is 17.8 Å². The molecule has 2 heterocycles. The van der Waals surface area contributed by atoms with Crippen LogP contribution in [0.25, 0.3) is 0 Å². The maximum atomic E-state index is 12.3. The minimum atomic E-state index is -0.240. The Morgan fingerprint density at radius 1 is 1.13 bits per heavy atom. The molecule has 1 amide bonds. The van der Waals surface area contributed by atoms with Crippen LogP contribution in [0.15, 0.2) is 41.8 Å². The number of rotatable bonds is 3. The van der Waals surface area contributed by atoms with Crippen LogP contribution in [0.2, 0.25) is 5.02 Å². The first-order chi connectivity index (χ1) is 11.1. The molecule has 23 heavy (non-hydrogen) atoms. The molecule has 0 saturated carbocycles. The van der Waals surface area contributed by atoms with Crippen molar-refractivity contribution in [2.24, 2.45) is 5.92 Å². The van der Waals surface area contributed by atoms with Crippen molar-refractivity contribution in [3.63, 3.8) is 0 Å². The molecule has 120 valence electrons. The van der Waals surface area contributed by atoms with Crippen LogP contribution in [-0.2, 0) is 4.79 Å². The summed E-state index contributed by atoms with van der Waals surface area (Å²) in [7, 11) is 0. The first kappa shape index (κ1) is 16.0. The Morgan fingerprint density at radius 2 is 1.83 bits per heavy atom. The molecular weight excluding hydrogens is 334 g/mol. The van der Waals surface area contributed by atoms with Gasteiger partial charge in [-0.25, -0.2) is 0 Å². The monoisotopic (exact) mass is 349 g/mol. The summed E-state index contributed by atoms with van der Waals surface area (Å²) in [5.41, 5.74) is 0. The van der Waals surface area contributed by atoms with Gasteiger partial charge in [0.25, 0.3) is 5.91 Å². The number of amides is 1. The standard InChI is InChI=1S/C17H16ClNO3S/c18-13-3-5-14(6-4-13)22-17(21)12-7-9-19(10-8-12)16(20)15-2-1-11-23-15/h1-6,11-12H,7-10H2. The molecule has 1 aromatic carbocycles. The minimum Gasteiger partial charge on any atom is -0.426 e. The van der Waals surface area contributed by atoms with Gasteiger partial charge in [-0.3, -0.25) is 9.59 Å². The Labute approximate surface area is 143 Å². The van der Waals surface area contributed by atoms with Crippen molar-refractivity contribution in [2.45, 2.75) is 12.8 Å². The fraction of sp³-hybridized carbons (Fsp3) is 0.294. The maximum Gasteiger partial charge on any atom is 0.314 e. The lowest BCUT2D eigenvalue weighted by molar-refractivity contribution is -0.140.